The number of nitrogens with zero attached hydrogens (tertiary/aromatic N) is 1. The summed E-state index contributed by atoms with van der Waals surface area (Å²) in [7, 11) is -3.57. The Balaban J connectivity index is 1.23. The summed E-state index contributed by atoms with van der Waals surface area (Å²) in [5.74, 6) is -0.276. The van der Waals surface area contributed by atoms with Crippen LogP contribution in [0, 0.1) is 5.92 Å². The lowest BCUT2D eigenvalue weighted by Gasteiger charge is -2.36. The molecule has 2 N–H and O–H groups in total. The summed E-state index contributed by atoms with van der Waals surface area (Å²) in [4.78, 5) is 26.6. The number of sulfone groups is 1. The predicted octanol–water partition coefficient (Wildman–Crippen LogP) is 4.63. The molecular formula is C33H40N2O7S. The Morgan fingerprint density at radius 3 is 2.26 bits per heavy atom. The maximum Gasteiger partial charge on any atom is 0.407 e. The number of alkyl carbamates (subject to hydrolysis) is 1. The fraction of sp³-hybridized carbons (Fsp3) is 0.394. The second-order valence-corrected chi connectivity index (χ2v) is 13.9. The zero-order valence-corrected chi connectivity index (χ0v) is 25.7. The number of rotatable bonds is 10. The molecule has 1 heterocycles. The van der Waals surface area contributed by atoms with Crippen molar-refractivity contribution in [1.29, 1.82) is 0 Å². The molecule has 1 aliphatic heterocycles. The van der Waals surface area contributed by atoms with Gasteiger partial charge < -0.3 is 19.9 Å². The number of carbonyl (C=O) groups is 2. The number of benzene rings is 3. The molecule has 10 heteroatoms. The van der Waals surface area contributed by atoms with E-state index in [0.29, 0.717) is 18.7 Å². The number of nitrogens with one attached hydrogen (secondary N) is 1. The van der Waals surface area contributed by atoms with E-state index in [0.717, 1.165) is 24.9 Å². The van der Waals surface area contributed by atoms with E-state index in [2.05, 4.69) is 17.4 Å². The van der Waals surface area contributed by atoms with Gasteiger partial charge in [0.15, 0.2) is 9.84 Å². The summed E-state index contributed by atoms with van der Waals surface area (Å²) in [6.07, 6.45) is 0.584. The van der Waals surface area contributed by atoms with Gasteiger partial charge in [-0.1, -0.05) is 42.5 Å². The largest absolute Gasteiger partial charge is 0.444 e. The predicted molar refractivity (Wildman–Crippen MR) is 164 cm³/mol. The molecule has 0 bridgehead atoms. The number of carbonyl (C=O) groups excluding carboxylic acids is 2. The number of esters is 1. The fourth-order valence-corrected chi connectivity index (χ4v) is 6.18. The highest BCUT2D eigenvalue weighted by Crippen LogP contribution is 2.23. The molecule has 4 rings (SSSR count). The Morgan fingerprint density at radius 1 is 0.953 bits per heavy atom. The van der Waals surface area contributed by atoms with Crippen LogP contribution < -0.4 is 10.1 Å². The summed E-state index contributed by atoms with van der Waals surface area (Å²) in [5.41, 5.74) is 1.69. The molecule has 2 atom stereocenters. The summed E-state index contributed by atoms with van der Waals surface area (Å²) < 4.78 is 36.6. The Labute approximate surface area is 253 Å². The smallest absolute Gasteiger partial charge is 0.407 e. The number of ether oxygens (including phenoxy) is 2. The number of amides is 1. The third-order valence-electron chi connectivity index (χ3n) is 7.24. The van der Waals surface area contributed by atoms with Crippen LogP contribution in [-0.4, -0.2) is 67.6 Å². The van der Waals surface area contributed by atoms with Crippen molar-refractivity contribution in [2.24, 2.45) is 5.92 Å². The molecule has 2 unspecified atom stereocenters. The zero-order chi connectivity index (χ0) is 31.0. The van der Waals surface area contributed by atoms with Crippen LogP contribution >= 0.6 is 0 Å². The maximum atomic E-state index is 13.0. The van der Waals surface area contributed by atoms with Crippen LogP contribution in [0.15, 0.2) is 83.8 Å². The number of hydrogen-bond donors (Lipinski definition) is 2. The highest BCUT2D eigenvalue weighted by molar-refractivity contribution is 7.91. The molecule has 0 aromatic heterocycles. The molecule has 1 amide bonds. The monoisotopic (exact) mass is 608 g/mol. The molecule has 0 aliphatic carbocycles. The van der Waals surface area contributed by atoms with Crippen LogP contribution in [-0.2, 0) is 27.5 Å². The lowest BCUT2D eigenvalue weighted by molar-refractivity contribution is 0.0245. The van der Waals surface area contributed by atoms with Gasteiger partial charge in [0.05, 0.1) is 22.3 Å². The second-order valence-electron chi connectivity index (χ2n) is 11.8. The summed E-state index contributed by atoms with van der Waals surface area (Å²) >= 11 is 0. The van der Waals surface area contributed by atoms with Gasteiger partial charge in [0.2, 0.25) is 0 Å². The lowest BCUT2D eigenvalue weighted by Crippen LogP contribution is -2.46. The van der Waals surface area contributed by atoms with Crippen LogP contribution in [0.1, 0.15) is 48.7 Å². The average Bonchev–Trinajstić information content (AvgIpc) is 2.96. The summed E-state index contributed by atoms with van der Waals surface area (Å²) in [5, 5.41) is 13.3. The SMILES string of the molecule is CC(C)(C)OC(=O)NCc1ccc(C(=O)Oc2ccc(S(=O)(=O)CCN3CCC(Cc4ccccc4)C(O)C3)cc2)cc1. The molecule has 230 valence electrons. The molecule has 43 heavy (non-hydrogen) atoms. The Hall–Kier alpha value is -3.73. The normalized spacial score (nSPS) is 17.7. The molecule has 3 aromatic carbocycles. The van der Waals surface area contributed by atoms with Crippen LogP contribution in [0.5, 0.6) is 5.75 Å². The fourth-order valence-electron chi connectivity index (χ4n) is 4.90. The van der Waals surface area contributed by atoms with E-state index in [1.165, 1.54) is 29.8 Å². The molecule has 3 aromatic rings. The van der Waals surface area contributed by atoms with Crippen molar-refractivity contribution in [3.05, 3.63) is 95.6 Å². The molecule has 1 fully saturated rings. The second kappa shape index (κ2) is 14.2. The van der Waals surface area contributed by atoms with Gasteiger partial charge in [0, 0.05) is 19.6 Å². The van der Waals surface area contributed by atoms with E-state index in [1.807, 2.05) is 23.1 Å². The van der Waals surface area contributed by atoms with Crippen molar-refractivity contribution in [2.75, 3.05) is 25.4 Å². The average molecular weight is 609 g/mol. The zero-order valence-electron chi connectivity index (χ0n) is 24.9. The van der Waals surface area contributed by atoms with Crippen molar-refractivity contribution < 1.29 is 32.6 Å². The van der Waals surface area contributed by atoms with E-state index in [9.17, 15) is 23.1 Å². The number of likely N-dealkylation sites (tertiary alicyclic amines) is 1. The highest BCUT2D eigenvalue weighted by atomic mass is 32.2. The minimum atomic E-state index is -3.57. The highest BCUT2D eigenvalue weighted by Gasteiger charge is 2.28. The maximum absolute atomic E-state index is 13.0. The molecule has 0 radical (unpaired) electrons. The first kappa shape index (κ1) is 32.2. The van der Waals surface area contributed by atoms with E-state index < -0.39 is 33.6 Å². The Bertz CT molecular complexity index is 1470. The first-order chi connectivity index (χ1) is 20.4. The summed E-state index contributed by atoms with van der Waals surface area (Å²) in [6, 6.07) is 22.5. The molecule has 9 nitrogen and oxygen atoms in total. The lowest BCUT2D eigenvalue weighted by atomic mass is 9.88. The van der Waals surface area contributed by atoms with E-state index in [1.54, 1.807) is 45.0 Å². The molecule has 0 saturated carbocycles. The molecular weight excluding hydrogens is 568 g/mol. The van der Waals surface area contributed by atoms with E-state index >= 15 is 0 Å². The van der Waals surface area contributed by atoms with Gasteiger partial charge in [0.25, 0.3) is 0 Å². The van der Waals surface area contributed by atoms with Gasteiger partial charge >= 0.3 is 12.1 Å². The molecule has 0 spiro atoms. The minimum Gasteiger partial charge on any atom is -0.444 e. The van der Waals surface area contributed by atoms with Crippen LogP contribution in [0.3, 0.4) is 0 Å². The van der Waals surface area contributed by atoms with Gasteiger partial charge in [-0.2, -0.15) is 0 Å². The number of aliphatic hydroxyl groups is 1. The molecule has 1 saturated heterocycles. The van der Waals surface area contributed by atoms with E-state index in [4.69, 9.17) is 9.47 Å². The van der Waals surface area contributed by atoms with Gasteiger partial charge in [0.1, 0.15) is 11.4 Å². The van der Waals surface area contributed by atoms with Gasteiger partial charge in [-0.3, -0.25) is 4.90 Å². The first-order valence-electron chi connectivity index (χ1n) is 14.4. The number of β-amino-alcohol motifs (C(OH)–C–C–N with tert-alkyl or cyclic N) is 1. The molecule has 1 aliphatic rings. The number of piperidine rings is 1. The standard InChI is InChI=1S/C33H40N2O7S/c1-33(2,3)42-32(38)34-22-25-9-11-26(12-10-25)31(37)41-28-13-15-29(16-14-28)43(39,40)20-19-35-18-17-27(30(36)23-35)21-24-7-5-4-6-8-24/h4-16,27,30,36H,17-23H2,1-3H3,(H,34,38). The third kappa shape index (κ3) is 9.91. The van der Waals surface area contributed by atoms with Gasteiger partial charge in [-0.15, -0.1) is 0 Å². The quantitative estimate of drug-likeness (QED) is 0.252. The Morgan fingerprint density at radius 2 is 1.63 bits per heavy atom. The van der Waals surface area contributed by atoms with Crippen LogP contribution in [0.4, 0.5) is 4.79 Å². The van der Waals surface area contributed by atoms with Gasteiger partial charge in [-0.25, -0.2) is 18.0 Å². The van der Waals surface area contributed by atoms with E-state index in [-0.39, 0.29) is 28.9 Å². The topological polar surface area (TPSA) is 122 Å². The number of aliphatic hydroxyl groups excluding tert-OH is 1. The summed E-state index contributed by atoms with van der Waals surface area (Å²) in [6.45, 7) is 7.10. The van der Waals surface area contributed by atoms with Crippen molar-refractivity contribution >= 4 is 21.9 Å². The van der Waals surface area contributed by atoms with Crippen LogP contribution in [0.2, 0.25) is 0 Å². The van der Waals surface area contributed by atoms with Crippen molar-refractivity contribution in [3.63, 3.8) is 0 Å². The first-order valence-corrected chi connectivity index (χ1v) is 16.1. The van der Waals surface area contributed by atoms with Crippen LogP contribution in [0.25, 0.3) is 0 Å². The number of hydrogen-bond acceptors (Lipinski definition) is 8. The minimum absolute atomic E-state index is 0.0721. The Kier molecular flexibility index (Phi) is 10.6. The van der Waals surface area contributed by atoms with Crippen molar-refractivity contribution in [2.45, 2.75) is 56.8 Å². The van der Waals surface area contributed by atoms with Gasteiger partial charge in [-0.05, 0) is 93.6 Å². The van der Waals surface area contributed by atoms with Crippen molar-refractivity contribution in [1.82, 2.24) is 10.2 Å². The third-order valence-corrected chi connectivity index (χ3v) is 8.95. The van der Waals surface area contributed by atoms with Crippen molar-refractivity contribution in [3.8, 4) is 5.75 Å².